The van der Waals surface area contributed by atoms with Gasteiger partial charge in [0.2, 0.25) is 0 Å². The van der Waals surface area contributed by atoms with Crippen molar-refractivity contribution in [3.05, 3.63) is 63.6 Å². The lowest BCUT2D eigenvalue weighted by Crippen LogP contribution is -2.49. The van der Waals surface area contributed by atoms with Gasteiger partial charge in [-0.05, 0) is 54.5 Å². The Morgan fingerprint density at radius 3 is 2.62 bits per heavy atom. The van der Waals surface area contributed by atoms with Crippen molar-refractivity contribution >= 4 is 48.1 Å². The lowest BCUT2D eigenvalue weighted by Gasteiger charge is -2.25. The smallest absolute Gasteiger partial charge is 0.325 e. The SMILES string of the molecule is CC(C)c1ccc(C2CC(C(=O)NN3CCCC3COCCCP(=O)(O)O)=NN2c2ccc(Cl)cc2Cl)cc1. The Hall–Kier alpha value is -1.97. The summed E-state index contributed by atoms with van der Waals surface area (Å²) in [6, 6.07) is 13.4. The molecule has 2 aromatic carbocycles. The van der Waals surface area contributed by atoms with Gasteiger partial charge in [-0.25, -0.2) is 5.01 Å². The van der Waals surface area contributed by atoms with E-state index in [1.807, 2.05) is 11.1 Å². The van der Waals surface area contributed by atoms with Crippen molar-refractivity contribution < 1.29 is 23.9 Å². The zero-order valence-corrected chi connectivity index (χ0v) is 24.5. The molecule has 12 heteroatoms. The van der Waals surface area contributed by atoms with Crippen molar-refractivity contribution in [2.75, 3.05) is 30.9 Å². The molecule has 9 nitrogen and oxygen atoms in total. The molecular formula is C27H35Cl2N4O5P. The molecule has 0 spiro atoms. The van der Waals surface area contributed by atoms with Crippen molar-refractivity contribution in [2.24, 2.45) is 5.10 Å². The van der Waals surface area contributed by atoms with Gasteiger partial charge in [0.15, 0.2) is 0 Å². The van der Waals surface area contributed by atoms with E-state index in [-0.39, 0.29) is 37.2 Å². The number of amides is 1. The van der Waals surface area contributed by atoms with Crippen LogP contribution < -0.4 is 10.4 Å². The Labute approximate surface area is 239 Å². The van der Waals surface area contributed by atoms with Gasteiger partial charge in [-0.3, -0.25) is 19.8 Å². The lowest BCUT2D eigenvalue weighted by molar-refractivity contribution is -0.120. The Morgan fingerprint density at radius 2 is 1.95 bits per heavy atom. The first-order chi connectivity index (χ1) is 18.5. The number of rotatable bonds is 11. The number of anilines is 1. The average molecular weight is 597 g/mol. The quantitative estimate of drug-likeness (QED) is 0.231. The molecular weight excluding hydrogens is 562 g/mol. The first-order valence-electron chi connectivity index (χ1n) is 13.1. The Kier molecular flexibility index (Phi) is 10.1. The van der Waals surface area contributed by atoms with Crippen LogP contribution in [0.1, 0.15) is 62.6 Å². The number of carbonyl (C=O) groups excluding carboxylic acids is 1. The molecule has 2 atom stereocenters. The average Bonchev–Trinajstić information content (AvgIpc) is 3.50. The summed E-state index contributed by atoms with van der Waals surface area (Å²) in [6.45, 7) is 5.60. The molecule has 2 aromatic rings. The predicted octanol–water partition coefficient (Wildman–Crippen LogP) is 5.50. The summed E-state index contributed by atoms with van der Waals surface area (Å²) in [6.07, 6.45) is 2.24. The van der Waals surface area contributed by atoms with Crippen LogP contribution in [-0.2, 0) is 14.1 Å². The van der Waals surface area contributed by atoms with E-state index in [9.17, 15) is 9.36 Å². The largest absolute Gasteiger partial charge is 0.380 e. The molecule has 0 aliphatic carbocycles. The number of halogens is 2. The Bertz CT molecular complexity index is 1240. The number of benzene rings is 2. The zero-order valence-electron chi connectivity index (χ0n) is 22.1. The molecule has 1 saturated heterocycles. The Morgan fingerprint density at radius 1 is 1.21 bits per heavy atom. The molecule has 2 heterocycles. The van der Waals surface area contributed by atoms with Gasteiger partial charge in [0.05, 0.1) is 35.6 Å². The number of ether oxygens (including phenoxy) is 1. The molecule has 1 amide bonds. The van der Waals surface area contributed by atoms with Crippen LogP contribution in [-0.4, -0.2) is 58.4 Å². The van der Waals surface area contributed by atoms with Crippen LogP contribution in [0.3, 0.4) is 0 Å². The highest BCUT2D eigenvalue weighted by Gasteiger charge is 2.35. The third-order valence-electron chi connectivity index (χ3n) is 6.99. The van der Waals surface area contributed by atoms with E-state index >= 15 is 0 Å². The number of hydrazine groups is 1. The minimum atomic E-state index is -4.02. The van der Waals surface area contributed by atoms with Crippen molar-refractivity contribution in [3.8, 4) is 0 Å². The first kappa shape index (κ1) is 30.0. The van der Waals surface area contributed by atoms with Gasteiger partial charge < -0.3 is 14.5 Å². The van der Waals surface area contributed by atoms with Crippen molar-refractivity contribution in [2.45, 2.75) is 57.5 Å². The molecule has 39 heavy (non-hydrogen) atoms. The standard InChI is InChI=1S/C27H35Cl2N4O5P/c1-18(2)19-6-8-20(9-7-19)26-16-24(30-33(26)25-11-10-21(28)15-23(25)29)27(34)31-32-12-3-5-22(32)17-38-13-4-14-39(35,36)37/h6-11,15,18,22,26H,3-5,12-14,16-17H2,1-2H3,(H,31,34)(H2,35,36,37). The minimum Gasteiger partial charge on any atom is -0.380 e. The normalized spacial score (nSPS) is 20.1. The summed E-state index contributed by atoms with van der Waals surface area (Å²) in [5, 5.41) is 9.36. The molecule has 2 aliphatic heterocycles. The molecule has 4 rings (SSSR count). The van der Waals surface area contributed by atoms with Gasteiger partial charge in [-0.1, -0.05) is 61.3 Å². The number of hydrogen-bond acceptors (Lipinski definition) is 6. The van der Waals surface area contributed by atoms with Crippen molar-refractivity contribution in [1.29, 1.82) is 0 Å². The van der Waals surface area contributed by atoms with E-state index in [1.165, 1.54) is 5.56 Å². The van der Waals surface area contributed by atoms with Crippen LogP contribution >= 0.6 is 30.8 Å². The first-order valence-corrected chi connectivity index (χ1v) is 15.7. The topological polar surface area (TPSA) is 115 Å². The monoisotopic (exact) mass is 596 g/mol. The maximum atomic E-state index is 13.4. The third-order valence-corrected chi connectivity index (χ3v) is 8.42. The van der Waals surface area contributed by atoms with Gasteiger partial charge >= 0.3 is 7.60 Å². The number of nitrogens with zero attached hydrogens (tertiary/aromatic N) is 3. The predicted molar refractivity (Wildman–Crippen MR) is 154 cm³/mol. The van der Waals surface area contributed by atoms with E-state index < -0.39 is 7.60 Å². The molecule has 1 fully saturated rings. The third kappa shape index (κ3) is 8.04. The van der Waals surface area contributed by atoms with Gasteiger partial charge in [0, 0.05) is 24.6 Å². The lowest BCUT2D eigenvalue weighted by atomic mass is 9.96. The second-order valence-electron chi connectivity index (χ2n) is 10.3. The van der Waals surface area contributed by atoms with Crippen molar-refractivity contribution in [1.82, 2.24) is 10.4 Å². The summed E-state index contributed by atoms with van der Waals surface area (Å²) in [5.41, 5.74) is 6.33. The maximum Gasteiger partial charge on any atom is 0.325 e. The number of hydrogen-bond donors (Lipinski definition) is 3. The van der Waals surface area contributed by atoms with E-state index in [0.717, 1.165) is 18.4 Å². The van der Waals surface area contributed by atoms with Crippen LogP contribution in [0.2, 0.25) is 10.0 Å². The molecule has 3 N–H and O–H groups in total. The van der Waals surface area contributed by atoms with Gasteiger partial charge in [-0.2, -0.15) is 5.10 Å². The number of nitrogens with one attached hydrogen (secondary N) is 1. The highest BCUT2D eigenvalue weighted by molar-refractivity contribution is 7.51. The summed E-state index contributed by atoms with van der Waals surface area (Å²) < 4.78 is 16.7. The van der Waals surface area contributed by atoms with Crippen molar-refractivity contribution in [3.63, 3.8) is 0 Å². The number of hydrazone groups is 1. The second kappa shape index (κ2) is 13.1. The fraction of sp³-hybridized carbons (Fsp3) is 0.481. The van der Waals surface area contributed by atoms with Gasteiger partial charge in [0.1, 0.15) is 5.71 Å². The molecule has 0 bridgehead atoms. The summed E-state index contributed by atoms with van der Waals surface area (Å²) >= 11 is 12.7. The Balaban J connectivity index is 1.46. The van der Waals surface area contributed by atoms with E-state index in [4.69, 9.17) is 42.8 Å². The molecule has 212 valence electrons. The van der Waals surface area contributed by atoms with E-state index in [1.54, 1.807) is 17.1 Å². The fourth-order valence-electron chi connectivity index (χ4n) is 4.84. The highest BCUT2D eigenvalue weighted by atomic mass is 35.5. The maximum absolute atomic E-state index is 13.4. The molecule has 0 radical (unpaired) electrons. The molecule has 0 aromatic heterocycles. The van der Waals surface area contributed by atoms with Crippen LogP contribution in [0.15, 0.2) is 47.6 Å². The summed E-state index contributed by atoms with van der Waals surface area (Å²) in [4.78, 5) is 31.4. The highest BCUT2D eigenvalue weighted by Crippen LogP contribution is 2.40. The molecule has 2 unspecified atom stereocenters. The molecule has 0 saturated carbocycles. The van der Waals surface area contributed by atoms with Crippen LogP contribution in [0.5, 0.6) is 0 Å². The van der Waals surface area contributed by atoms with E-state index in [0.29, 0.717) is 46.9 Å². The van der Waals surface area contributed by atoms with Crippen LogP contribution in [0.25, 0.3) is 0 Å². The van der Waals surface area contributed by atoms with Crippen LogP contribution in [0.4, 0.5) is 5.69 Å². The zero-order chi connectivity index (χ0) is 28.2. The van der Waals surface area contributed by atoms with Gasteiger partial charge in [-0.15, -0.1) is 0 Å². The summed E-state index contributed by atoms with van der Waals surface area (Å²) in [7, 11) is -4.02. The van der Waals surface area contributed by atoms with Crippen LogP contribution in [0, 0.1) is 0 Å². The fourth-order valence-corrected chi connectivity index (χ4v) is 5.88. The minimum absolute atomic E-state index is 0.0211. The number of carbonyl (C=O) groups is 1. The summed E-state index contributed by atoms with van der Waals surface area (Å²) in [5.74, 6) is 0.130. The van der Waals surface area contributed by atoms with E-state index in [2.05, 4.69) is 43.5 Å². The second-order valence-corrected chi connectivity index (χ2v) is 12.9. The van der Waals surface area contributed by atoms with Gasteiger partial charge in [0.25, 0.3) is 5.91 Å². The molecule has 2 aliphatic rings.